The predicted molar refractivity (Wildman–Crippen MR) is 96.4 cm³/mol. The molecule has 0 saturated carbocycles. The molecule has 1 heterocycles. The van der Waals surface area contributed by atoms with Gasteiger partial charge in [0.25, 0.3) is 0 Å². The van der Waals surface area contributed by atoms with E-state index in [4.69, 9.17) is 11.6 Å². The van der Waals surface area contributed by atoms with Gasteiger partial charge in [-0.1, -0.05) is 54.6 Å². The minimum absolute atomic E-state index is 0.494. The number of aliphatic hydroxyl groups is 1. The van der Waals surface area contributed by atoms with Gasteiger partial charge in [0.05, 0.1) is 24.3 Å². The van der Waals surface area contributed by atoms with Crippen LogP contribution in [-0.4, -0.2) is 20.8 Å². The van der Waals surface area contributed by atoms with E-state index in [-0.39, 0.29) is 0 Å². The third-order valence-electron chi connectivity index (χ3n) is 3.39. The maximum Gasteiger partial charge on any atom is 0.0951 e. The Morgan fingerprint density at radius 1 is 1.48 bits per heavy atom. The monoisotopic (exact) mass is 328 g/mol. The average Bonchev–Trinajstić information content (AvgIpc) is 2.97. The first-order valence-corrected chi connectivity index (χ1v) is 7.92. The molecule has 23 heavy (non-hydrogen) atoms. The highest BCUT2D eigenvalue weighted by Gasteiger charge is 2.06. The van der Waals surface area contributed by atoms with Crippen molar-refractivity contribution >= 4 is 17.2 Å². The Kier molecular flexibility index (Phi) is 6.39. The molecule has 0 fully saturated rings. The number of allylic oxidation sites excluding steroid dienone is 4. The summed E-state index contributed by atoms with van der Waals surface area (Å²) in [5.74, 6) is 0. The van der Waals surface area contributed by atoms with Crippen LogP contribution < -0.4 is 0 Å². The van der Waals surface area contributed by atoms with E-state index in [1.807, 2.05) is 42.9 Å². The van der Waals surface area contributed by atoms with Gasteiger partial charge in [-0.05, 0) is 36.6 Å². The first kappa shape index (κ1) is 17.3. The van der Waals surface area contributed by atoms with Gasteiger partial charge in [0, 0.05) is 11.6 Å². The molecule has 0 bridgehead atoms. The molecule has 2 aromatic rings. The lowest BCUT2D eigenvalue weighted by molar-refractivity contribution is 0.244. The van der Waals surface area contributed by atoms with Crippen molar-refractivity contribution in [2.45, 2.75) is 26.0 Å². The first-order valence-electron chi connectivity index (χ1n) is 7.54. The van der Waals surface area contributed by atoms with E-state index >= 15 is 0 Å². The van der Waals surface area contributed by atoms with Crippen LogP contribution in [0, 0.1) is 0 Å². The third kappa shape index (κ3) is 5.23. The summed E-state index contributed by atoms with van der Waals surface area (Å²) >= 11 is 6.03. The zero-order chi connectivity index (χ0) is 16.7. The van der Waals surface area contributed by atoms with Crippen LogP contribution in [0.3, 0.4) is 0 Å². The summed E-state index contributed by atoms with van der Waals surface area (Å²) in [5, 5.41) is 10.2. The molecule has 2 rings (SSSR count). The summed E-state index contributed by atoms with van der Waals surface area (Å²) < 4.78 is 2.09. The number of imidazole rings is 1. The second-order valence-corrected chi connectivity index (χ2v) is 5.75. The van der Waals surface area contributed by atoms with Crippen molar-refractivity contribution in [2.24, 2.45) is 0 Å². The van der Waals surface area contributed by atoms with Crippen molar-refractivity contribution in [3.05, 3.63) is 84.0 Å². The van der Waals surface area contributed by atoms with Gasteiger partial charge in [-0.25, -0.2) is 4.98 Å². The fraction of sp³-hybridized carbons (Fsp3) is 0.211. The van der Waals surface area contributed by atoms with Crippen LogP contribution in [0.5, 0.6) is 0 Å². The number of aliphatic hydroxyl groups excluding tert-OH is 1. The van der Waals surface area contributed by atoms with E-state index in [2.05, 4.69) is 22.2 Å². The van der Waals surface area contributed by atoms with Crippen molar-refractivity contribution in [2.75, 3.05) is 0 Å². The number of hydrogen-bond acceptors (Lipinski definition) is 2. The van der Waals surface area contributed by atoms with Gasteiger partial charge in [0.15, 0.2) is 0 Å². The highest BCUT2D eigenvalue weighted by atomic mass is 35.5. The van der Waals surface area contributed by atoms with Gasteiger partial charge in [-0.3, -0.25) is 0 Å². The Labute approximate surface area is 142 Å². The average molecular weight is 329 g/mol. The van der Waals surface area contributed by atoms with Crippen LogP contribution in [0.15, 0.2) is 67.7 Å². The van der Waals surface area contributed by atoms with Crippen LogP contribution in [0.4, 0.5) is 0 Å². The normalized spacial score (nSPS) is 13.4. The molecule has 1 atom stereocenters. The Morgan fingerprint density at radius 2 is 2.30 bits per heavy atom. The number of halogens is 1. The Balaban J connectivity index is 2.17. The van der Waals surface area contributed by atoms with Crippen molar-refractivity contribution in [3.63, 3.8) is 0 Å². The molecule has 0 aliphatic heterocycles. The summed E-state index contributed by atoms with van der Waals surface area (Å²) in [6, 6.07) is 7.88. The minimum Gasteiger partial charge on any atom is -0.389 e. The summed E-state index contributed by atoms with van der Waals surface area (Å²) in [6.07, 6.45) is 11.3. The topological polar surface area (TPSA) is 38.1 Å². The van der Waals surface area contributed by atoms with Crippen LogP contribution in [0.1, 0.15) is 18.2 Å². The van der Waals surface area contributed by atoms with Gasteiger partial charge in [-0.15, -0.1) is 0 Å². The molecular weight excluding hydrogens is 308 g/mol. The number of hydrogen-bond donors (Lipinski definition) is 1. The summed E-state index contributed by atoms with van der Waals surface area (Å²) in [4.78, 5) is 4.25. The van der Waals surface area contributed by atoms with Gasteiger partial charge < -0.3 is 9.67 Å². The highest BCUT2D eigenvalue weighted by Crippen LogP contribution is 2.18. The second-order valence-electron chi connectivity index (χ2n) is 5.31. The molecule has 0 aliphatic rings. The zero-order valence-electron chi connectivity index (χ0n) is 13.2. The van der Waals surface area contributed by atoms with Gasteiger partial charge in [0.2, 0.25) is 0 Å². The van der Waals surface area contributed by atoms with E-state index in [1.165, 1.54) is 5.56 Å². The Hall–Kier alpha value is -2.10. The van der Waals surface area contributed by atoms with E-state index < -0.39 is 6.10 Å². The van der Waals surface area contributed by atoms with Crippen LogP contribution in [0.2, 0.25) is 5.02 Å². The Morgan fingerprint density at radius 3 is 3.00 bits per heavy atom. The summed E-state index contributed by atoms with van der Waals surface area (Å²) in [6.45, 7) is 6.27. The molecule has 0 aliphatic carbocycles. The van der Waals surface area contributed by atoms with E-state index in [0.717, 1.165) is 29.3 Å². The number of nitrogens with zero attached hydrogens (tertiary/aromatic N) is 2. The molecule has 3 nitrogen and oxygen atoms in total. The second kappa shape index (κ2) is 8.51. The zero-order valence-corrected chi connectivity index (χ0v) is 13.9. The minimum atomic E-state index is -0.494. The first-order chi connectivity index (χ1) is 11.1. The van der Waals surface area contributed by atoms with Gasteiger partial charge in [-0.2, -0.15) is 0 Å². The molecule has 0 spiro atoms. The van der Waals surface area contributed by atoms with Crippen molar-refractivity contribution < 1.29 is 5.11 Å². The van der Waals surface area contributed by atoms with Crippen LogP contribution in [-0.2, 0) is 13.0 Å². The molecule has 0 amide bonds. The molecule has 0 saturated heterocycles. The molecule has 1 aromatic carbocycles. The molecule has 1 aromatic heterocycles. The number of aryl methyl sites for hydroxylation is 2. The van der Waals surface area contributed by atoms with Gasteiger partial charge in [0.1, 0.15) is 0 Å². The molecule has 1 N–H and O–H groups in total. The molecule has 1 unspecified atom stereocenters. The summed E-state index contributed by atoms with van der Waals surface area (Å²) in [5.41, 5.74) is 3.14. The molecule has 4 heteroatoms. The molecule has 0 radical (unpaired) electrons. The standard InChI is InChI=1S/C19H21ClN2O/c1-3-5-17(9-8-15(2)23)19-13-21-14-22(19)11-10-16-6-4-7-18(20)12-16/h3-9,12-15,23H,1,10-11H2,2H3/b9-8-,17-5+. The highest BCUT2D eigenvalue weighted by molar-refractivity contribution is 6.30. The fourth-order valence-corrected chi connectivity index (χ4v) is 2.49. The van der Waals surface area contributed by atoms with Gasteiger partial charge >= 0.3 is 0 Å². The number of rotatable bonds is 7. The fourth-order valence-electron chi connectivity index (χ4n) is 2.28. The lowest BCUT2D eigenvalue weighted by Crippen LogP contribution is -2.04. The Bertz CT molecular complexity index is 714. The quantitative estimate of drug-likeness (QED) is 0.770. The maximum atomic E-state index is 9.44. The molecule has 120 valence electrons. The van der Waals surface area contributed by atoms with Crippen molar-refractivity contribution in [3.8, 4) is 0 Å². The maximum absolute atomic E-state index is 9.44. The third-order valence-corrected chi connectivity index (χ3v) is 3.63. The lowest BCUT2D eigenvalue weighted by atomic mass is 10.1. The van der Waals surface area contributed by atoms with E-state index in [0.29, 0.717) is 0 Å². The van der Waals surface area contributed by atoms with E-state index in [9.17, 15) is 5.11 Å². The van der Waals surface area contributed by atoms with Crippen molar-refractivity contribution in [1.82, 2.24) is 9.55 Å². The molecular formula is C19H21ClN2O. The number of benzene rings is 1. The lowest BCUT2D eigenvalue weighted by Gasteiger charge is -2.09. The SMILES string of the molecule is C=C/C=C(\C=C/C(C)O)c1cncn1CCc1cccc(Cl)c1. The largest absolute Gasteiger partial charge is 0.389 e. The van der Waals surface area contributed by atoms with E-state index in [1.54, 1.807) is 19.1 Å². The van der Waals surface area contributed by atoms with Crippen molar-refractivity contribution in [1.29, 1.82) is 0 Å². The van der Waals surface area contributed by atoms with Crippen LogP contribution in [0.25, 0.3) is 5.57 Å². The van der Waals surface area contributed by atoms with Crippen LogP contribution >= 0.6 is 11.6 Å². The predicted octanol–water partition coefficient (Wildman–Crippen LogP) is 4.29. The summed E-state index contributed by atoms with van der Waals surface area (Å²) in [7, 11) is 0. The number of aromatic nitrogens is 2. The smallest absolute Gasteiger partial charge is 0.0951 e.